The summed E-state index contributed by atoms with van der Waals surface area (Å²) in [4.78, 5) is 20.7. The molecule has 0 atom stereocenters. The van der Waals surface area contributed by atoms with Gasteiger partial charge in [0.05, 0.1) is 0 Å². The van der Waals surface area contributed by atoms with Crippen LogP contribution in [-0.2, 0) is 13.7 Å². The maximum Gasteiger partial charge on any atom is 0.352 e. The van der Waals surface area contributed by atoms with Crippen molar-refractivity contribution in [1.82, 2.24) is 5.32 Å². The van der Waals surface area contributed by atoms with Gasteiger partial charge >= 0.3 is 5.97 Å². The number of carboxylic acids is 1. The summed E-state index contributed by atoms with van der Waals surface area (Å²) < 4.78 is 5.03. The number of hydrogen-bond acceptors (Lipinski definition) is 4. The van der Waals surface area contributed by atoms with E-state index in [2.05, 4.69) is 18.4 Å². The van der Waals surface area contributed by atoms with Crippen LogP contribution in [0, 0.1) is 0 Å². The molecule has 1 amide bonds. The van der Waals surface area contributed by atoms with Crippen LogP contribution in [0.1, 0.15) is 13.3 Å². The highest BCUT2D eigenvalue weighted by molar-refractivity contribution is 6.52. The van der Waals surface area contributed by atoms with Gasteiger partial charge in [-0.15, -0.1) is 0 Å². The van der Waals surface area contributed by atoms with E-state index in [9.17, 15) is 9.59 Å². The highest BCUT2D eigenvalue weighted by Crippen LogP contribution is 1.88. The first-order valence-corrected chi connectivity index (χ1v) is 8.95. The van der Waals surface area contributed by atoms with Crippen LogP contribution in [0.2, 0.25) is 13.1 Å². The fourth-order valence-electron chi connectivity index (χ4n) is 0.590. The maximum absolute atomic E-state index is 10.4. The zero-order valence-corrected chi connectivity index (χ0v) is 14.0. The van der Waals surface area contributed by atoms with E-state index in [0.717, 1.165) is 23.0 Å². The molecule has 0 rings (SSSR count). The van der Waals surface area contributed by atoms with Gasteiger partial charge in [-0.1, -0.05) is 6.92 Å². The lowest BCUT2D eigenvalue weighted by Crippen LogP contribution is -2.23. The van der Waals surface area contributed by atoms with Gasteiger partial charge in [0, 0.05) is 12.6 Å². The third-order valence-corrected chi connectivity index (χ3v) is 5.33. The van der Waals surface area contributed by atoms with E-state index in [1.54, 1.807) is 0 Å². The molecule has 0 saturated heterocycles. The van der Waals surface area contributed by atoms with Crippen molar-refractivity contribution in [3.8, 4) is 0 Å². The molecule has 0 aromatic carbocycles. The van der Waals surface area contributed by atoms with Gasteiger partial charge in [0.1, 0.15) is 16.2 Å². The first kappa shape index (κ1) is 18.2. The van der Waals surface area contributed by atoms with Gasteiger partial charge in [-0.25, -0.2) is 4.79 Å². The SMILES string of the molecule is CCCN/C(=C/C(N)=O)C(=O)O.C[SiH](C)O[SiH3]. The van der Waals surface area contributed by atoms with Crippen molar-refractivity contribution < 1.29 is 18.8 Å². The predicted molar refractivity (Wildman–Crippen MR) is 73.1 cm³/mol. The van der Waals surface area contributed by atoms with Crippen LogP contribution in [0.4, 0.5) is 0 Å². The lowest BCUT2D eigenvalue weighted by Gasteiger charge is -2.03. The quantitative estimate of drug-likeness (QED) is 0.414. The molecule has 100 valence electrons. The summed E-state index contributed by atoms with van der Waals surface area (Å²) in [5.74, 6) is -1.95. The van der Waals surface area contributed by atoms with Crippen molar-refractivity contribution in [1.29, 1.82) is 0 Å². The number of nitrogens with one attached hydrogen (secondary N) is 1. The molecular weight excluding hydrogens is 256 g/mol. The second-order valence-corrected chi connectivity index (χ2v) is 7.46. The van der Waals surface area contributed by atoms with E-state index in [4.69, 9.17) is 15.0 Å². The molecule has 0 aromatic rings. The van der Waals surface area contributed by atoms with Crippen LogP contribution in [0.3, 0.4) is 0 Å². The average molecular weight is 278 g/mol. The molecule has 0 saturated carbocycles. The third kappa shape index (κ3) is 14.9. The molecular formula is C9H22N2O4Si2. The van der Waals surface area contributed by atoms with Crippen molar-refractivity contribution in [3.63, 3.8) is 0 Å². The number of amides is 1. The number of carbonyl (C=O) groups excluding carboxylic acids is 1. The second-order valence-electron chi connectivity index (χ2n) is 3.48. The Bertz CT molecular complexity index is 270. The van der Waals surface area contributed by atoms with Gasteiger partial charge in [-0.2, -0.15) is 0 Å². The van der Waals surface area contributed by atoms with Gasteiger partial charge in [-0.3, -0.25) is 4.79 Å². The molecule has 0 heterocycles. The molecule has 17 heavy (non-hydrogen) atoms. The number of rotatable bonds is 6. The maximum atomic E-state index is 10.4. The summed E-state index contributed by atoms with van der Waals surface area (Å²) >= 11 is 0. The second kappa shape index (κ2) is 11.4. The molecule has 4 N–H and O–H groups in total. The van der Waals surface area contributed by atoms with Crippen molar-refractivity contribution in [2.45, 2.75) is 26.4 Å². The number of aliphatic carboxylic acids is 1. The molecule has 8 heteroatoms. The summed E-state index contributed by atoms with van der Waals surface area (Å²) in [5.41, 5.74) is 4.62. The Balaban J connectivity index is 0. The molecule has 0 bridgehead atoms. The van der Waals surface area contributed by atoms with Crippen LogP contribution >= 0.6 is 0 Å². The predicted octanol–water partition coefficient (Wildman–Crippen LogP) is -1.29. The third-order valence-electron chi connectivity index (χ3n) is 1.55. The number of carbonyl (C=O) groups is 2. The summed E-state index contributed by atoms with van der Waals surface area (Å²) in [6.45, 7) is 6.74. The first-order valence-electron chi connectivity index (χ1n) is 5.36. The largest absolute Gasteiger partial charge is 0.477 e. The standard InChI is InChI=1S/C7H12N2O3.C2H10OSi2/c1-2-3-9-5(7(11)12)4-6(8)10;1-5(2)3-4/h4,9H,2-3H2,1H3,(H2,8,10)(H,11,12);5H,1-2,4H3/b5-4+;. The fourth-order valence-corrected chi connectivity index (χ4v) is 0.590. The Kier molecular flexibility index (Phi) is 12.2. The minimum atomic E-state index is -1.18. The fraction of sp³-hybridized carbons (Fsp3) is 0.556. The number of primary amides is 1. The number of nitrogens with two attached hydrogens (primary N) is 1. The highest BCUT2D eigenvalue weighted by Gasteiger charge is 2.06. The normalized spacial score (nSPS) is 10.7. The molecule has 0 aliphatic heterocycles. The molecule has 0 fully saturated rings. The lowest BCUT2D eigenvalue weighted by molar-refractivity contribution is -0.133. The topological polar surface area (TPSA) is 102 Å². The van der Waals surface area contributed by atoms with Gasteiger partial charge in [0.15, 0.2) is 9.04 Å². The zero-order valence-electron chi connectivity index (χ0n) is 10.8. The summed E-state index contributed by atoms with van der Waals surface area (Å²) in [5, 5.41) is 11.1. The van der Waals surface area contributed by atoms with Crippen molar-refractivity contribution >= 4 is 31.4 Å². The van der Waals surface area contributed by atoms with Crippen molar-refractivity contribution in [2.24, 2.45) is 5.73 Å². The monoisotopic (exact) mass is 278 g/mol. The van der Waals surface area contributed by atoms with Gasteiger partial charge in [-0.05, 0) is 19.5 Å². The van der Waals surface area contributed by atoms with Crippen LogP contribution in [-0.4, -0.2) is 43.1 Å². The van der Waals surface area contributed by atoms with E-state index in [-0.39, 0.29) is 5.70 Å². The molecule has 0 aliphatic rings. The molecule has 6 nitrogen and oxygen atoms in total. The van der Waals surface area contributed by atoms with E-state index < -0.39 is 20.9 Å². The van der Waals surface area contributed by atoms with Crippen LogP contribution in [0.15, 0.2) is 11.8 Å². The van der Waals surface area contributed by atoms with E-state index in [0.29, 0.717) is 6.54 Å². The zero-order chi connectivity index (χ0) is 13.8. The molecule has 0 radical (unpaired) electrons. The first-order chi connectivity index (χ1) is 7.84. The van der Waals surface area contributed by atoms with Gasteiger partial charge in [0.2, 0.25) is 5.91 Å². The Hall–Kier alpha value is -1.13. The Morgan fingerprint density at radius 1 is 1.53 bits per heavy atom. The minimum absolute atomic E-state index is 0.163. The number of hydrogen-bond donors (Lipinski definition) is 3. The summed E-state index contributed by atoms with van der Waals surface area (Å²) in [6.07, 6.45) is 1.64. The smallest absolute Gasteiger partial charge is 0.352 e. The highest BCUT2D eigenvalue weighted by atomic mass is 28.3. The Morgan fingerprint density at radius 3 is 2.24 bits per heavy atom. The Morgan fingerprint density at radius 2 is 2.00 bits per heavy atom. The average Bonchev–Trinajstić information content (AvgIpc) is 2.24. The lowest BCUT2D eigenvalue weighted by atomic mass is 10.3. The molecule has 0 unspecified atom stereocenters. The van der Waals surface area contributed by atoms with Crippen LogP contribution < -0.4 is 11.1 Å². The van der Waals surface area contributed by atoms with E-state index >= 15 is 0 Å². The van der Waals surface area contributed by atoms with Crippen LogP contribution in [0.25, 0.3) is 0 Å². The number of carboxylic acid groups (broad SMARTS) is 1. The van der Waals surface area contributed by atoms with Crippen LogP contribution in [0.5, 0.6) is 0 Å². The molecule has 0 spiro atoms. The molecule has 0 aliphatic carbocycles. The van der Waals surface area contributed by atoms with Gasteiger partial charge in [0.25, 0.3) is 0 Å². The minimum Gasteiger partial charge on any atom is -0.477 e. The summed E-state index contributed by atoms with van der Waals surface area (Å²) in [6, 6.07) is 0. The van der Waals surface area contributed by atoms with Crippen molar-refractivity contribution in [2.75, 3.05) is 6.54 Å². The van der Waals surface area contributed by atoms with E-state index in [1.807, 2.05) is 6.92 Å². The van der Waals surface area contributed by atoms with Crippen molar-refractivity contribution in [3.05, 3.63) is 11.8 Å². The summed E-state index contributed by atoms with van der Waals surface area (Å²) in [7, 11) is 0.347. The van der Waals surface area contributed by atoms with E-state index in [1.165, 1.54) is 0 Å². The Labute approximate surface area is 106 Å². The molecule has 0 aromatic heterocycles. The van der Waals surface area contributed by atoms with Gasteiger partial charge < -0.3 is 20.3 Å².